The van der Waals surface area contributed by atoms with Gasteiger partial charge in [-0.15, -0.1) is 11.3 Å². The molecule has 0 atom stereocenters. The average molecular weight is 504 g/mol. The van der Waals surface area contributed by atoms with Gasteiger partial charge in [0.05, 0.1) is 7.11 Å². The summed E-state index contributed by atoms with van der Waals surface area (Å²) in [6, 6.07) is 16.6. The van der Waals surface area contributed by atoms with Crippen LogP contribution in [-0.4, -0.2) is 26.0 Å². The van der Waals surface area contributed by atoms with Crippen molar-refractivity contribution in [3.8, 4) is 17.2 Å². The van der Waals surface area contributed by atoms with E-state index in [1.54, 1.807) is 21.0 Å². The Morgan fingerprint density at radius 1 is 0.889 bits per heavy atom. The van der Waals surface area contributed by atoms with Gasteiger partial charge in [0.2, 0.25) is 5.78 Å². The fraction of sp³-hybridized carbons (Fsp3) is 0.300. The van der Waals surface area contributed by atoms with Crippen LogP contribution in [0.15, 0.2) is 54.6 Å². The average Bonchev–Trinajstić information content (AvgIpc) is 3.02. The molecule has 1 fully saturated rings. The van der Waals surface area contributed by atoms with Gasteiger partial charge in [-0.2, -0.15) is 0 Å². The maximum absolute atomic E-state index is 13.9. The first kappa shape index (κ1) is 24.3. The second kappa shape index (κ2) is 10.3. The van der Waals surface area contributed by atoms with Crippen LogP contribution in [0.1, 0.15) is 52.0 Å². The van der Waals surface area contributed by atoms with E-state index in [4.69, 9.17) is 9.47 Å². The largest absolute Gasteiger partial charge is 0.497 e. The number of nitrogens with zero attached hydrogens (tertiary/aromatic N) is 1. The van der Waals surface area contributed by atoms with Gasteiger partial charge in [-0.25, -0.2) is 4.39 Å². The number of rotatable bonds is 6. The standard InChI is InChI=1S/C30H30FNO3S/c1-19-16-21(31)17-20(2)27(19)28(33)30-29(25-13-12-24(34-3)18-26(25)36-30)35-23-10-8-22(9-11-23)32-14-6-4-5-7-15-32/h8-13,16-18H,4-7,14-15H2,1-3H3. The lowest BCUT2D eigenvalue weighted by atomic mass is 9.97. The molecule has 5 rings (SSSR count). The first-order valence-electron chi connectivity index (χ1n) is 12.4. The van der Waals surface area contributed by atoms with Crippen molar-refractivity contribution >= 4 is 32.9 Å². The zero-order chi connectivity index (χ0) is 25.2. The van der Waals surface area contributed by atoms with Gasteiger partial charge in [0.25, 0.3) is 0 Å². The summed E-state index contributed by atoms with van der Waals surface area (Å²) in [5, 5.41) is 0.846. The number of ether oxygens (including phenoxy) is 2. The van der Waals surface area contributed by atoms with Gasteiger partial charge in [-0.05, 0) is 92.4 Å². The number of benzene rings is 3. The van der Waals surface area contributed by atoms with Gasteiger partial charge < -0.3 is 14.4 Å². The van der Waals surface area contributed by atoms with E-state index >= 15 is 0 Å². The normalized spacial score (nSPS) is 14.1. The van der Waals surface area contributed by atoms with Crippen molar-refractivity contribution in [1.82, 2.24) is 0 Å². The Hall–Kier alpha value is -3.38. The Labute approximate surface area is 215 Å². The number of aryl methyl sites for hydroxylation is 2. The Balaban J connectivity index is 1.53. The van der Waals surface area contributed by atoms with Crippen LogP contribution in [0.5, 0.6) is 17.2 Å². The molecule has 4 aromatic rings. The minimum absolute atomic E-state index is 0.165. The molecule has 0 amide bonds. The van der Waals surface area contributed by atoms with Crippen LogP contribution in [0.25, 0.3) is 10.1 Å². The minimum atomic E-state index is -0.344. The number of thiophene rings is 1. The zero-order valence-electron chi connectivity index (χ0n) is 20.9. The number of anilines is 1. The van der Waals surface area contributed by atoms with Crippen LogP contribution in [0.4, 0.5) is 10.1 Å². The van der Waals surface area contributed by atoms with Crippen molar-refractivity contribution in [2.75, 3.05) is 25.1 Å². The quantitative estimate of drug-likeness (QED) is 0.249. The van der Waals surface area contributed by atoms with Gasteiger partial charge in [-0.1, -0.05) is 12.8 Å². The van der Waals surface area contributed by atoms with Crippen molar-refractivity contribution in [3.63, 3.8) is 0 Å². The van der Waals surface area contributed by atoms with Gasteiger partial charge in [0.15, 0.2) is 5.75 Å². The molecule has 6 heteroatoms. The van der Waals surface area contributed by atoms with Crippen molar-refractivity contribution in [1.29, 1.82) is 0 Å². The number of hydrogen-bond acceptors (Lipinski definition) is 5. The second-order valence-corrected chi connectivity index (χ2v) is 10.4. The van der Waals surface area contributed by atoms with E-state index in [9.17, 15) is 9.18 Å². The SMILES string of the molecule is COc1ccc2c(Oc3ccc(N4CCCCCC4)cc3)c(C(=O)c3c(C)cc(F)cc3C)sc2c1. The predicted octanol–water partition coefficient (Wildman–Crippen LogP) is 8.07. The zero-order valence-corrected chi connectivity index (χ0v) is 21.7. The molecule has 186 valence electrons. The molecule has 0 spiro atoms. The molecule has 1 aliphatic heterocycles. The number of carbonyl (C=O) groups excluding carboxylic acids is 1. The highest BCUT2D eigenvalue weighted by molar-refractivity contribution is 7.21. The van der Waals surface area contributed by atoms with Crippen molar-refractivity contribution in [3.05, 3.63) is 82.0 Å². The lowest BCUT2D eigenvalue weighted by molar-refractivity contribution is 0.103. The summed E-state index contributed by atoms with van der Waals surface area (Å²) < 4.78 is 26.6. The smallest absolute Gasteiger partial charge is 0.207 e. The summed E-state index contributed by atoms with van der Waals surface area (Å²) in [6.45, 7) is 5.68. The summed E-state index contributed by atoms with van der Waals surface area (Å²) in [6.07, 6.45) is 5.02. The van der Waals surface area contributed by atoms with Crippen molar-refractivity contribution < 1.29 is 18.7 Å². The molecule has 0 saturated carbocycles. The lowest BCUT2D eigenvalue weighted by Crippen LogP contribution is -2.23. The number of carbonyl (C=O) groups is 1. The van der Waals surface area contributed by atoms with E-state index in [-0.39, 0.29) is 11.6 Å². The van der Waals surface area contributed by atoms with Gasteiger partial charge >= 0.3 is 0 Å². The number of ketones is 1. The van der Waals surface area contributed by atoms with Crippen LogP contribution >= 0.6 is 11.3 Å². The molecule has 0 radical (unpaired) electrons. The number of methoxy groups -OCH3 is 1. The molecule has 36 heavy (non-hydrogen) atoms. The Morgan fingerprint density at radius 2 is 1.53 bits per heavy atom. The van der Waals surface area contributed by atoms with E-state index < -0.39 is 0 Å². The van der Waals surface area contributed by atoms with Gasteiger partial charge in [0, 0.05) is 34.4 Å². The predicted molar refractivity (Wildman–Crippen MR) is 145 cm³/mol. The summed E-state index contributed by atoms with van der Waals surface area (Å²) >= 11 is 1.37. The van der Waals surface area contributed by atoms with Gasteiger partial charge in [0.1, 0.15) is 22.2 Å². The summed E-state index contributed by atoms with van der Waals surface area (Å²) in [4.78, 5) is 16.7. The van der Waals surface area contributed by atoms with Crippen LogP contribution < -0.4 is 14.4 Å². The summed E-state index contributed by atoms with van der Waals surface area (Å²) in [5.74, 6) is 1.40. The van der Waals surface area contributed by atoms with Crippen molar-refractivity contribution in [2.45, 2.75) is 39.5 Å². The second-order valence-electron chi connectivity index (χ2n) is 9.36. The molecule has 0 N–H and O–H groups in total. The lowest BCUT2D eigenvalue weighted by Gasteiger charge is -2.22. The molecule has 2 heterocycles. The van der Waals surface area contributed by atoms with Crippen molar-refractivity contribution in [2.24, 2.45) is 0 Å². The molecule has 1 saturated heterocycles. The van der Waals surface area contributed by atoms with E-state index in [2.05, 4.69) is 17.0 Å². The fourth-order valence-corrected chi connectivity index (χ4v) is 6.09. The minimum Gasteiger partial charge on any atom is -0.497 e. The third-order valence-corrected chi connectivity index (χ3v) is 7.94. The van der Waals surface area contributed by atoms with E-state index in [0.717, 1.165) is 23.2 Å². The molecule has 4 nitrogen and oxygen atoms in total. The maximum Gasteiger partial charge on any atom is 0.207 e. The molecule has 0 bridgehead atoms. The molecule has 0 aliphatic carbocycles. The number of hydrogen-bond donors (Lipinski definition) is 0. The molecular weight excluding hydrogens is 473 g/mol. The monoisotopic (exact) mass is 503 g/mol. The van der Waals surface area contributed by atoms with E-state index in [0.29, 0.717) is 38.8 Å². The highest BCUT2D eigenvalue weighted by Gasteiger charge is 2.25. The van der Waals surface area contributed by atoms with Crippen LogP contribution in [0, 0.1) is 19.7 Å². The molecule has 1 aliphatic rings. The molecule has 3 aromatic carbocycles. The Kier molecular flexibility index (Phi) is 6.97. The van der Waals surface area contributed by atoms with E-state index in [1.807, 2.05) is 30.3 Å². The Bertz CT molecular complexity index is 1380. The molecular formula is C30H30FNO3S. The topological polar surface area (TPSA) is 38.8 Å². The number of halogens is 1. The summed E-state index contributed by atoms with van der Waals surface area (Å²) in [5.41, 5.74) is 2.93. The highest BCUT2D eigenvalue weighted by atomic mass is 32.1. The third kappa shape index (κ3) is 4.82. The Morgan fingerprint density at radius 3 is 2.17 bits per heavy atom. The molecule has 0 unspecified atom stereocenters. The maximum atomic E-state index is 13.9. The fourth-order valence-electron chi connectivity index (χ4n) is 4.99. The van der Waals surface area contributed by atoms with Crippen LogP contribution in [-0.2, 0) is 0 Å². The first-order valence-corrected chi connectivity index (χ1v) is 13.2. The third-order valence-electron chi connectivity index (χ3n) is 6.81. The summed E-state index contributed by atoms with van der Waals surface area (Å²) in [7, 11) is 1.62. The van der Waals surface area contributed by atoms with Crippen LogP contribution in [0.2, 0.25) is 0 Å². The molecule has 1 aromatic heterocycles. The van der Waals surface area contributed by atoms with E-state index in [1.165, 1.54) is 54.8 Å². The highest BCUT2D eigenvalue weighted by Crippen LogP contribution is 2.43. The van der Waals surface area contributed by atoms with Crippen LogP contribution in [0.3, 0.4) is 0 Å². The van der Waals surface area contributed by atoms with Gasteiger partial charge in [-0.3, -0.25) is 4.79 Å². The first-order chi connectivity index (χ1) is 17.4. The number of fused-ring (bicyclic) bond motifs is 1.